The third-order valence-corrected chi connectivity index (χ3v) is 7.61. The fraction of sp³-hybridized carbons (Fsp3) is 0.914. The van der Waals surface area contributed by atoms with Crippen LogP contribution in [0.4, 0.5) is 0 Å². The average molecular weight is 583 g/mol. The first-order valence-electron chi connectivity index (χ1n) is 17.5. The van der Waals surface area contributed by atoms with Crippen LogP contribution in [-0.4, -0.2) is 37.2 Å². The molecule has 0 N–H and O–H groups in total. The Morgan fingerprint density at radius 3 is 0.976 bits per heavy atom. The summed E-state index contributed by atoms with van der Waals surface area (Å²) in [5, 5.41) is 0. The number of hydrogen-bond donors (Lipinski definition) is 0. The summed E-state index contributed by atoms with van der Waals surface area (Å²) >= 11 is 0. The Balaban J connectivity index is 4.27. The van der Waals surface area contributed by atoms with Gasteiger partial charge in [-0.3, -0.25) is 14.4 Å². The largest absolute Gasteiger partial charge is 0.462 e. The smallest absolute Gasteiger partial charge is 0.306 e. The summed E-state index contributed by atoms with van der Waals surface area (Å²) in [7, 11) is 0. The van der Waals surface area contributed by atoms with Crippen LogP contribution in [0.25, 0.3) is 0 Å². The lowest BCUT2D eigenvalue weighted by molar-refractivity contribution is -0.167. The van der Waals surface area contributed by atoms with Crippen molar-refractivity contribution in [3.05, 3.63) is 0 Å². The van der Waals surface area contributed by atoms with E-state index in [4.69, 9.17) is 14.2 Å². The Labute approximate surface area is 253 Å². The van der Waals surface area contributed by atoms with Gasteiger partial charge >= 0.3 is 17.9 Å². The number of carbonyl (C=O) groups excluding carboxylic acids is 3. The molecule has 0 amide bonds. The monoisotopic (exact) mass is 582 g/mol. The molecule has 0 saturated carbocycles. The predicted octanol–water partition coefficient (Wildman–Crippen LogP) is 10.2. The van der Waals surface area contributed by atoms with E-state index in [2.05, 4.69) is 20.8 Å². The molecule has 0 aliphatic carbocycles. The molecular formula is C35H66O6. The lowest BCUT2D eigenvalue weighted by atomic mass is 10.1. The molecular weight excluding hydrogens is 516 g/mol. The molecule has 41 heavy (non-hydrogen) atoms. The van der Waals surface area contributed by atoms with E-state index in [-0.39, 0.29) is 31.1 Å². The van der Waals surface area contributed by atoms with Gasteiger partial charge in [0.25, 0.3) is 0 Å². The predicted molar refractivity (Wildman–Crippen MR) is 169 cm³/mol. The van der Waals surface area contributed by atoms with Gasteiger partial charge in [0, 0.05) is 19.3 Å². The van der Waals surface area contributed by atoms with Gasteiger partial charge in [0.05, 0.1) is 0 Å². The molecule has 0 aliphatic heterocycles. The average Bonchev–Trinajstić information content (AvgIpc) is 2.96. The molecule has 0 spiro atoms. The van der Waals surface area contributed by atoms with Gasteiger partial charge < -0.3 is 14.2 Å². The van der Waals surface area contributed by atoms with Gasteiger partial charge in [-0.2, -0.15) is 0 Å². The Morgan fingerprint density at radius 1 is 0.390 bits per heavy atom. The summed E-state index contributed by atoms with van der Waals surface area (Å²) in [5.41, 5.74) is 0. The Kier molecular flexibility index (Phi) is 30.1. The third kappa shape index (κ3) is 29.7. The van der Waals surface area contributed by atoms with E-state index in [1.807, 2.05) is 0 Å². The van der Waals surface area contributed by atoms with Crippen molar-refractivity contribution in [1.29, 1.82) is 0 Å². The zero-order valence-corrected chi connectivity index (χ0v) is 27.3. The molecule has 0 radical (unpaired) electrons. The Bertz CT molecular complexity index is 605. The summed E-state index contributed by atoms with van der Waals surface area (Å²) in [6, 6.07) is 0. The Morgan fingerprint density at radius 2 is 0.659 bits per heavy atom. The summed E-state index contributed by atoms with van der Waals surface area (Å²) in [5.74, 6) is -0.890. The molecule has 0 fully saturated rings. The minimum Gasteiger partial charge on any atom is -0.462 e. The minimum atomic E-state index is -0.752. The van der Waals surface area contributed by atoms with Gasteiger partial charge in [0.2, 0.25) is 0 Å². The number of hydrogen-bond acceptors (Lipinski definition) is 6. The van der Waals surface area contributed by atoms with Gasteiger partial charge in [-0.05, 0) is 19.3 Å². The van der Waals surface area contributed by atoms with E-state index >= 15 is 0 Å². The number of esters is 3. The molecule has 0 saturated heterocycles. The number of carbonyl (C=O) groups is 3. The molecule has 0 aromatic heterocycles. The van der Waals surface area contributed by atoms with Gasteiger partial charge in [-0.1, -0.05) is 149 Å². The topological polar surface area (TPSA) is 78.9 Å². The molecule has 242 valence electrons. The summed E-state index contributed by atoms with van der Waals surface area (Å²) in [4.78, 5) is 36.9. The second kappa shape index (κ2) is 31.3. The van der Waals surface area contributed by atoms with Crippen LogP contribution in [-0.2, 0) is 28.6 Å². The van der Waals surface area contributed by atoms with Crippen LogP contribution in [0.5, 0.6) is 0 Å². The second-order valence-electron chi connectivity index (χ2n) is 11.8. The highest BCUT2D eigenvalue weighted by Gasteiger charge is 2.19. The van der Waals surface area contributed by atoms with Crippen molar-refractivity contribution < 1.29 is 28.6 Å². The van der Waals surface area contributed by atoms with Crippen molar-refractivity contribution in [2.24, 2.45) is 0 Å². The molecule has 0 aliphatic rings. The molecule has 0 rings (SSSR count). The van der Waals surface area contributed by atoms with E-state index in [1.54, 1.807) is 0 Å². The van der Waals surface area contributed by atoms with E-state index in [0.29, 0.717) is 19.3 Å². The first-order chi connectivity index (χ1) is 20.0. The SMILES string of the molecule is CCCCCCCCCCCCCC(=O)OCC(COC(=O)CCCCCCC)OC(=O)CCCCCCCCC. The fourth-order valence-electron chi connectivity index (χ4n) is 4.91. The molecule has 6 heteroatoms. The van der Waals surface area contributed by atoms with Gasteiger partial charge in [0.1, 0.15) is 13.2 Å². The zero-order chi connectivity index (χ0) is 30.2. The van der Waals surface area contributed by atoms with Crippen LogP contribution >= 0.6 is 0 Å². The lowest BCUT2D eigenvalue weighted by Crippen LogP contribution is -2.30. The van der Waals surface area contributed by atoms with Crippen molar-refractivity contribution in [2.45, 2.75) is 194 Å². The van der Waals surface area contributed by atoms with Crippen LogP contribution in [0.2, 0.25) is 0 Å². The normalized spacial score (nSPS) is 11.8. The van der Waals surface area contributed by atoms with Crippen molar-refractivity contribution in [2.75, 3.05) is 13.2 Å². The quantitative estimate of drug-likeness (QED) is 0.0459. The van der Waals surface area contributed by atoms with Crippen molar-refractivity contribution in [1.82, 2.24) is 0 Å². The standard InChI is InChI=1S/C35H66O6/c1-4-7-10-13-15-16-17-18-20-22-25-28-34(37)40-31-32(30-39-33(36)27-24-21-12-9-6-3)41-35(38)29-26-23-19-14-11-8-5-2/h32H,4-31H2,1-3H3. The molecule has 0 aromatic rings. The van der Waals surface area contributed by atoms with E-state index < -0.39 is 6.10 Å². The molecule has 1 atom stereocenters. The maximum atomic E-state index is 12.4. The summed E-state index contributed by atoms with van der Waals surface area (Å²) in [6.07, 6.45) is 26.9. The third-order valence-electron chi connectivity index (χ3n) is 7.61. The zero-order valence-electron chi connectivity index (χ0n) is 27.3. The highest BCUT2D eigenvalue weighted by Crippen LogP contribution is 2.13. The number of ether oxygens (including phenoxy) is 3. The Hall–Kier alpha value is -1.59. The fourth-order valence-corrected chi connectivity index (χ4v) is 4.91. The summed E-state index contributed by atoms with van der Waals surface area (Å²) in [6.45, 7) is 6.48. The molecule has 0 bridgehead atoms. The van der Waals surface area contributed by atoms with Crippen LogP contribution < -0.4 is 0 Å². The highest BCUT2D eigenvalue weighted by molar-refractivity contribution is 5.71. The molecule has 0 aromatic carbocycles. The van der Waals surface area contributed by atoms with Crippen molar-refractivity contribution in [3.8, 4) is 0 Å². The number of unbranched alkanes of at least 4 members (excludes halogenated alkanes) is 20. The van der Waals surface area contributed by atoms with Crippen molar-refractivity contribution >= 4 is 17.9 Å². The second-order valence-corrected chi connectivity index (χ2v) is 11.8. The first-order valence-corrected chi connectivity index (χ1v) is 17.5. The van der Waals surface area contributed by atoms with Crippen molar-refractivity contribution in [3.63, 3.8) is 0 Å². The maximum Gasteiger partial charge on any atom is 0.306 e. The lowest BCUT2D eigenvalue weighted by Gasteiger charge is -2.18. The van der Waals surface area contributed by atoms with Crippen LogP contribution in [0.1, 0.15) is 188 Å². The van der Waals surface area contributed by atoms with Gasteiger partial charge in [-0.25, -0.2) is 0 Å². The molecule has 6 nitrogen and oxygen atoms in total. The highest BCUT2D eigenvalue weighted by atomic mass is 16.6. The van der Waals surface area contributed by atoms with Gasteiger partial charge in [0.15, 0.2) is 6.10 Å². The van der Waals surface area contributed by atoms with Crippen LogP contribution in [0.15, 0.2) is 0 Å². The van der Waals surface area contributed by atoms with Crippen LogP contribution in [0.3, 0.4) is 0 Å². The maximum absolute atomic E-state index is 12.4. The first kappa shape index (κ1) is 39.4. The van der Waals surface area contributed by atoms with Crippen LogP contribution in [0, 0.1) is 0 Å². The van der Waals surface area contributed by atoms with Gasteiger partial charge in [-0.15, -0.1) is 0 Å². The molecule has 1 unspecified atom stereocenters. The summed E-state index contributed by atoms with van der Waals surface area (Å²) < 4.78 is 16.4. The van der Waals surface area contributed by atoms with E-state index in [9.17, 15) is 14.4 Å². The van der Waals surface area contributed by atoms with E-state index in [1.165, 1.54) is 83.5 Å². The number of rotatable bonds is 31. The minimum absolute atomic E-state index is 0.0661. The molecule has 0 heterocycles. The van der Waals surface area contributed by atoms with E-state index in [0.717, 1.165) is 64.2 Å².